The van der Waals surface area contributed by atoms with Crippen LogP contribution in [-0.4, -0.2) is 15.9 Å². The molecule has 0 saturated carbocycles. The molecule has 1 aromatic heterocycles. The summed E-state index contributed by atoms with van der Waals surface area (Å²) in [6, 6.07) is 14.7. The Bertz CT molecular complexity index is 878. The van der Waals surface area contributed by atoms with Gasteiger partial charge in [0.1, 0.15) is 6.61 Å². The number of carbonyl (C=O) groups is 1. The van der Waals surface area contributed by atoms with Crippen LogP contribution < -0.4 is 0 Å². The van der Waals surface area contributed by atoms with Crippen molar-refractivity contribution in [2.24, 2.45) is 0 Å². The molecule has 0 aliphatic carbocycles. The third-order valence-electron chi connectivity index (χ3n) is 3.13. The molecule has 23 heavy (non-hydrogen) atoms. The third kappa shape index (κ3) is 4.14. The van der Waals surface area contributed by atoms with Crippen LogP contribution in [0.15, 0.2) is 60.8 Å². The molecule has 0 N–H and O–H groups in total. The van der Waals surface area contributed by atoms with Gasteiger partial charge < -0.3 is 4.74 Å². The molecular weight excluding hydrogens is 312 g/mol. The number of ether oxygens (including phenoxy) is 1. The summed E-state index contributed by atoms with van der Waals surface area (Å²) in [5.41, 5.74) is 3.03. The lowest BCUT2D eigenvalue weighted by Crippen LogP contribution is -2.00. The molecule has 0 bridgehead atoms. The van der Waals surface area contributed by atoms with Crippen molar-refractivity contribution in [3.05, 3.63) is 77.1 Å². The predicted octanol–water partition coefficient (Wildman–Crippen LogP) is 4.04. The first kappa shape index (κ1) is 15.2. The first-order chi connectivity index (χ1) is 11.2. The number of carbonyl (C=O) groups excluding carboxylic acids is 1. The van der Waals surface area contributed by atoms with Crippen molar-refractivity contribution in [1.29, 1.82) is 0 Å². The van der Waals surface area contributed by atoms with Crippen LogP contribution >= 0.6 is 11.6 Å². The number of para-hydroxylation sites is 2. The fourth-order valence-corrected chi connectivity index (χ4v) is 2.25. The van der Waals surface area contributed by atoms with Gasteiger partial charge in [0.15, 0.2) is 0 Å². The molecule has 2 aromatic carbocycles. The average Bonchev–Trinajstić information content (AvgIpc) is 2.58. The lowest BCUT2D eigenvalue weighted by molar-refractivity contribution is -0.138. The quantitative estimate of drug-likeness (QED) is 0.537. The zero-order valence-corrected chi connectivity index (χ0v) is 12.9. The lowest BCUT2D eigenvalue weighted by atomic mass is 10.2. The van der Waals surface area contributed by atoms with E-state index in [1.165, 1.54) is 6.08 Å². The first-order valence-corrected chi connectivity index (χ1v) is 7.39. The highest BCUT2D eigenvalue weighted by atomic mass is 35.5. The Morgan fingerprint density at radius 2 is 1.96 bits per heavy atom. The van der Waals surface area contributed by atoms with Crippen LogP contribution in [0.5, 0.6) is 0 Å². The molecule has 114 valence electrons. The molecule has 0 spiro atoms. The van der Waals surface area contributed by atoms with Crippen LogP contribution in [0.25, 0.3) is 17.1 Å². The van der Waals surface area contributed by atoms with Gasteiger partial charge >= 0.3 is 5.97 Å². The van der Waals surface area contributed by atoms with E-state index in [4.69, 9.17) is 16.3 Å². The Hall–Kier alpha value is -2.72. The number of benzene rings is 2. The van der Waals surface area contributed by atoms with E-state index in [0.29, 0.717) is 10.7 Å². The first-order valence-electron chi connectivity index (χ1n) is 7.02. The van der Waals surface area contributed by atoms with Gasteiger partial charge in [-0.25, -0.2) is 9.78 Å². The lowest BCUT2D eigenvalue weighted by Gasteiger charge is -2.02. The summed E-state index contributed by atoms with van der Waals surface area (Å²) in [5.74, 6) is -0.445. The molecule has 3 aromatic rings. The van der Waals surface area contributed by atoms with Gasteiger partial charge in [0.05, 0.1) is 22.9 Å². The maximum atomic E-state index is 11.7. The van der Waals surface area contributed by atoms with E-state index in [1.807, 2.05) is 36.4 Å². The van der Waals surface area contributed by atoms with E-state index < -0.39 is 5.97 Å². The van der Waals surface area contributed by atoms with Crippen molar-refractivity contribution in [3.8, 4) is 0 Å². The van der Waals surface area contributed by atoms with Crippen LogP contribution in [-0.2, 0) is 16.1 Å². The van der Waals surface area contributed by atoms with Gasteiger partial charge in [0, 0.05) is 11.1 Å². The van der Waals surface area contributed by atoms with E-state index >= 15 is 0 Å². The molecule has 0 aliphatic rings. The van der Waals surface area contributed by atoms with Crippen molar-refractivity contribution >= 4 is 34.7 Å². The minimum absolute atomic E-state index is 0.174. The van der Waals surface area contributed by atoms with Gasteiger partial charge in [0.25, 0.3) is 0 Å². The number of esters is 1. The molecule has 4 nitrogen and oxygen atoms in total. The fourth-order valence-electron chi connectivity index (χ4n) is 2.03. The molecule has 0 amide bonds. The zero-order chi connectivity index (χ0) is 16.1. The van der Waals surface area contributed by atoms with E-state index in [1.54, 1.807) is 24.4 Å². The maximum Gasteiger partial charge on any atom is 0.331 e. The third-order valence-corrected chi connectivity index (χ3v) is 3.36. The van der Waals surface area contributed by atoms with Gasteiger partial charge in [-0.3, -0.25) is 4.98 Å². The second kappa shape index (κ2) is 7.03. The van der Waals surface area contributed by atoms with Crippen molar-refractivity contribution in [2.75, 3.05) is 0 Å². The smallest absolute Gasteiger partial charge is 0.331 e. The van der Waals surface area contributed by atoms with Gasteiger partial charge in [0.2, 0.25) is 0 Å². The summed E-state index contributed by atoms with van der Waals surface area (Å²) in [7, 11) is 0. The molecule has 0 unspecified atom stereocenters. The highest BCUT2D eigenvalue weighted by molar-refractivity contribution is 6.30. The second-order valence-corrected chi connectivity index (χ2v) is 5.29. The van der Waals surface area contributed by atoms with Crippen molar-refractivity contribution in [1.82, 2.24) is 9.97 Å². The average molecular weight is 325 g/mol. The molecule has 0 atom stereocenters. The predicted molar refractivity (Wildman–Crippen MR) is 89.8 cm³/mol. The number of nitrogens with zero attached hydrogens (tertiary/aromatic N) is 2. The van der Waals surface area contributed by atoms with Crippen LogP contribution in [0.2, 0.25) is 5.02 Å². The van der Waals surface area contributed by atoms with Crippen LogP contribution in [0.1, 0.15) is 11.3 Å². The highest BCUT2D eigenvalue weighted by Crippen LogP contribution is 2.12. The molecule has 0 fully saturated rings. The molecule has 3 rings (SSSR count). The molecule has 0 radical (unpaired) electrons. The minimum Gasteiger partial charge on any atom is -0.458 e. The van der Waals surface area contributed by atoms with Crippen LogP contribution in [0, 0.1) is 0 Å². The standard InChI is InChI=1S/C18H13ClN2O2/c19-14-5-3-4-13(10-14)12-23-18(22)9-8-15-11-20-16-6-1-2-7-17(16)21-15/h1-11H,12H2/b9-8+. The largest absolute Gasteiger partial charge is 0.458 e. The Morgan fingerprint density at radius 1 is 1.13 bits per heavy atom. The summed E-state index contributed by atoms with van der Waals surface area (Å²) >= 11 is 5.88. The van der Waals surface area contributed by atoms with E-state index in [2.05, 4.69) is 9.97 Å². The fraction of sp³-hybridized carbons (Fsp3) is 0.0556. The van der Waals surface area contributed by atoms with E-state index in [9.17, 15) is 4.79 Å². The second-order valence-electron chi connectivity index (χ2n) is 4.85. The number of hydrogen-bond acceptors (Lipinski definition) is 4. The normalized spacial score (nSPS) is 11.0. The Morgan fingerprint density at radius 3 is 2.78 bits per heavy atom. The maximum absolute atomic E-state index is 11.7. The van der Waals surface area contributed by atoms with E-state index in [-0.39, 0.29) is 6.61 Å². The van der Waals surface area contributed by atoms with Crippen molar-refractivity contribution < 1.29 is 9.53 Å². The molecule has 5 heteroatoms. The molecule has 0 saturated heterocycles. The van der Waals surface area contributed by atoms with Gasteiger partial charge in [-0.2, -0.15) is 0 Å². The number of hydrogen-bond donors (Lipinski definition) is 0. The van der Waals surface area contributed by atoms with Crippen molar-refractivity contribution in [3.63, 3.8) is 0 Å². The molecule has 0 aliphatic heterocycles. The summed E-state index contributed by atoms with van der Waals surface area (Å²) in [6.45, 7) is 0.174. The molecular formula is C18H13ClN2O2. The minimum atomic E-state index is -0.445. The summed E-state index contributed by atoms with van der Waals surface area (Å²) in [4.78, 5) is 20.4. The Kier molecular flexibility index (Phi) is 4.64. The SMILES string of the molecule is O=C(/C=C/c1cnc2ccccc2n1)OCc1cccc(Cl)c1. The number of fused-ring (bicyclic) bond motifs is 1. The van der Waals surface area contributed by atoms with Gasteiger partial charge in [-0.15, -0.1) is 0 Å². The monoisotopic (exact) mass is 324 g/mol. The van der Waals surface area contributed by atoms with Crippen molar-refractivity contribution in [2.45, 2.75) is 6.61 Å². The number of halogens is 1. The molecule has 1 heterocycles. The Labute approximate surface area is 138 Å². The van der Waals surface area contributed by atoms with Crippen LogP contribution in [0.3, 0.4) is 0 Å². The summed E-state index contributed by atoms with van der Waals surface area (Å²) in [5, 5.41) is 0.612. The summed E-state index contributed by atoms with van der Waals surface area (Å²) < 4.78 is 5.16. The van der Waals surface area contributed by atoms with Gasteiger partial charge in [-0.05, 0) is 35.9 Å². The Balaban J connectivity index is 1.63. The number of rotatable bonds is 4. The highest BCUT2D eigenvalue weighted by Gasteiger charge is 2.01. The zero-order valence-electron chi connectivity index (χ0n) is 12.1. The van der Waals surface area contributed by atoms with E-state index in [0.717, 1.165) is 16.6 Å². The topological polar surface area (TPSA) is 52.1 Å². The summed E-state index contributed by atoms with van der Waals surface area (Å²) in [6.07, 6.45) is 4.53. The van der Waals surface area contributed by atoms with Gasteiger partial charge in [-0.1, -0.05) is 35.9 Å². The van der Waals surface area contributed by atoms with Crippen LogP contribution in [0.4, 0.5) is 0 Å². The number of aromatic nitrogens is 2.